The highest BCUT2D eigenvalue weighted by Crippen LogP contribution is 2.29. The summed E-state index contributed by atoms with van der Waals surface area (Å²) in [6.45, 7) is 8.17. The molecule has 3 aliphatic heterocycles. The number of hydrogen-bond acceptors (Lipinski definition) is 5. The second-order valence-electron chi connectivity index (χ2n) is 5.99. The fraction of sp³-hybridized carbons (Fsp3) is 0.786. The maximum Gasteiger partial charge on any atom is 0.267 e. The number of carbonyl (C=O) groups excluding carboxylic acids is 1. The van der Waals surface area contributed by atoms with Crippen LogP contribution in [0, 0.1) is 12.8 Å². The number of carbonyl (C=O) groups is 1. The summed E-state index contributed by atoms with van der Waals surface area (Å²) < 4.78 is 3.89. The van der Waals surface area contributed by atoms with Crippen LogP contribution in [0.15, 0.2) is 0 Å². The van der Waals surface area contributed by atoms with Gasteiger partial charge in [-0.1, -0.05) is 11.4 Å². The molecule has 4 rings (SSSR count). The van der Waals surface area contributed by atoms with Crippen LogP contribution in [0.25, 0.3) is 0 Å². The molecule has 1 amide bonds. The standard InChI is InChI=1S/C14H22N4OS/c1-3-6-17-7-11-4-5-12(17)9-18(8-11)14(19)13-10(2)15-16-20-13/h11-12H,3-9H2,1-2H3/t11-,12-/m1/s1. The Morgan fingerprint density at radius 2 is 2.20 bits per heavy atom. The first-order valence-corrected chi connectivity index (χ1v) is 8.28. The Kier molecular flexibility index (Phi) is 4.03. The third-order valence-electron chi connectivity index (χ3n) is 4.47. The van der Waals surface area contributed by atoms with Crippen molar-refractivity contribution in [3.8, 4) is 0 Å². The maximum absolute atomic E-state index is 12.7. The summed E-state index contributed by atoms with van der Waals surface area (Å²) >= 11 is 1.23. The van der Waals surface area contributed by atoms with Crippen molar-refractivity contribution in [3.63, 3.8) is 0 Å². The van der Waals surface area contributed by atoms with E-state index in [0.29, 0.717) is 16.8 Å². The molecular weight excluding hydrogens is 272 g/mol. The molecule has 1 aromatic rings. The van der Waals surface area contributed by atoms with Gasteiger partial charge in [0.1, 0.15) is 4.88 Å². The molecule has 3 aliphatic rings. The van der Waals surface area contributed by atoms with Gasteiger partial charge in [-0.2, -0.15) is 0 Å². The van der Waals surface area contributed by atoms with E-state index in [1.54, 1.807) is 0 Å². The van der Waals surface area contributed by atoms with E-state index < -0.39 is 0 Å². The predicted octanol–water partition coefficient (Wildman–Crippen LogP) is 1.79. The van der Waals surface area contributed by atoms with Crippen LogP contribution in [0.3, 0.4) is 0 Å². The second kappa shape index (κ2) is 5.77. The average molecular weight is 294 g/mol. The van der Waals surface area contributed by atoms with Gasteiger partial charge in [0.15, 0.2) is 0 Å². The molecule has 110 valence electrons. The van der Waals surface area contributed by atoms with Gasteiger partial charge in [0.05, 0.1) is 5.69 Å². The summed E-state index contributed by atoms with van der Waals surface area (Å²) in [5.74, 6) is 0.762. The summed E-state index contributed by atoms with van der Waals surface area (Å²) in [5.41, 5.74) is 0.766. The van der Waals surface area contributed by atoms with Crippen molar-refractivity contribution in [2.24, 2.45) is 5.92 Å². The van der Waals surface area contributed by atoms with Gasteiger partial charge < -0.3 is 4.90 Å². The molecule has 0 unspecified atom stereocenters. The number of amides is 1. The molecule has 5 nitrogen and oxygen atoms in total. The number of piperidine rings is 1. The van der Waals surface area contributed by atoms with Crippen LogP contribution in [-0.4, -0.2) is 57.5 Å². The number of rotatable bonds is 3. The highest BCUT2D eigenvalue weighted by molar-refractivity contribution is 7.07. The number of nitrogens with zero attached hydrogens (tertiary/aromatic N) is 4. The molecule has 3 saturated heterocycles. The molecule has 20 heavy (non-hydrogen) atoms. The summed E-state index contributed by atoms with van der Waals surface area (Å²) in [5, 5.41) is 3.96. The molecule has 1 aromatic heterocycles. The van der Waals surface area contributed by atoms with Crippen molar-refractivity contribution < 1.29 is 4.79 Å². The van der Waals surface area contributed by atoms with Crippen molar-refractivity contribution >= 4 is 17.4 Å². The molecule has 2 bridgehead atoms. The van der Waals surface area contributed by atoms with Crippen molar-refractivity contribution in [1.29, 1.82) is 0 Å². The van der Waals surface area contributed by atoms with Gasteiger partial charge in [0.2, 0.25) is 0 Å². The van der Waals surface area contributed by atoms with Crippen LogP contribution >= 0.6 is 11.5 Å². The minimum absolute atomic E-state index is 0.132. The van der Waals surface area contributed by atoms with E-state index in [9.17, 15) is 4.79 Å². The zero-order valence-electron chi connectivity index (χ0n) is 12.2. The molecule has 0 spiro atoms. The second-order valence-corrected chi connectivity index (χ2v) is 6.74. The Labute approximate surface area is 124 Å². The molecule has 0 saturated carbocycles. The van der Waals surface area contributed by atoms with Crippen LogP contribution in [0.4, 0.5) is 0 Å². The van der Waals surface area contributed by atoms with Crippen LogP contribution in [0.5, 0.6) is 0 Å². The lowest BCUT2D eigenvalue weighted by atomic mass is 9.95. The minimum Gasteiger partial charge on any atom is -0.336 e. The first-order valence-electron chi connectivity index (χ1n) is 7.51. The molecule has 6 heteroatoms. The summed E-state index contributed by atoms with van der Waals surface area (Å²) in [7, 11) is 0. The minimum atomic E-state index is 0.132. The van der Waals surface area contributed by atoms with Gasteiger partial charge >= 0.3 is 0 Å². The van der Waals surface area contributed by atoms with Crippen molar-refractivity contribution in [1.82, 2.24) is 19.4 Å². The van der Waals surface area contributed by atoms with E-state index in [1.807, 2.05) is 11.8 Å². The van der Waals surface area contributed by atoms with E-state index in [0.717, 1.165) is 31.9 Å². The van der Waals surface area contributed by atoms with Gasteiger partial charge in [-0.25, -0.2) is 0 Å². The van der Waals surface area contributed by atoms with E-state index >= 15 is 0 Å². The predicted molar refractivity (Wildman–Crippen MR) is 78.9 cm³/mol. The SMILES string of the molecule is CCCN1C[C@H]2CC[C@@H]1CN(C(=O)c1snnc1C)C2. The number of aromatic nitrogens is 2. The largest absolute Gasteiger partial charge is 0.336 e. The van der Waals surface area contributed by atoms with Crippen LogP contribution in [0.2, 0.25) is 0 Å². The fourth-order valence-electron chi connectivity index (χ4n) is 3.48. The Morgan fingerprint density at radius 3 is 2.90 bits per heavy atom. The summed E-state index contributed by atoms with van der Waals surface area (Å²) in [6, 6.07) is 0.541. The number of aryl methyl sites for hydroxylation is 1. The molecule has 0 aromatic carbocycles. The first-order chi connectivity index (χ1) is 9.69. The Hall–Kier alpha value is -1.01. The van der Waals surface area contributed by atoms with Crippen molar-refractivity contribution in [2.45, 2.75) is 39.2 Å². The molecule has 3 fully saturated rings. The molecule has 0 radical (unpaired) electrons. The van der Waals surface area contributed by atoms with Gasteiger partial charge in [-0.3, -0.25) is 9.69 Å². The lowest BCUT2D eigenvalue weighted by Crippen LogP contribution is -2.44. The lowest BCUT2D eigenvalue weighted by molar-refractivity contribution is 0.0742. The van der Waals surface area contributed by atoms with E-state index in [-0.39, 0.29) is 5.91 Å². The topological polar surface area (TPSA) is 49.3 Å². The number of fused-ring (bicyclic) bond motifs is 4. The number of hydrogen-bond donors (Lipinski definition) is 0. The van der Waals surface area contributed by atoms with Gasteiger partial charge in [0, 0.05) is 25.7 Å². The Morgan fingerprint density at radius 1 is 1.35 bits per heavy atom. The molecule has 0 N–H and O–H groups in total. The van der Waals surface area contributed by atoms with Crippen LogP contribution < -0.4 is 0 Å². The maximum atomic E-state index is 12.7. The van der Waals surface area contributed by atoms with Crippen LogP contribution in [0.1, 0.15) is 41.6 Å². The molecule has 0 aliphatic carbocycles. The quantitative estimate of drug-likeness (QED) is 0.853. The molecule has 4 heterocycles. The smallest absolute Gasteiger partial charge is 0.267 e. The van der Waals surface area contributed by atoms with Gasteiger partial charge in [-0.15, -0.1) is 5.10 Å². The van der Waals surface area contributed by atoms with E-state index in [1.165, 1.54) is 30.8 Å². The van der Waals surface area contributed by atoms with Gasteiger partial charge in [0.25, 0.3) is 5.91 Å². The Balaban J connectivity index is 1.76. The van der Waals surface area contributed by atoms with E-state index in [4.69, 9.17) is 0 Å². The normalized spacial score (nSPS) is 26.8. The molecule has 2 atom stereocenters. The summed E-state index contributed by atoms with van der Waals surface area (Å²) in [6.07, 6.45) is 3.68. The monoisotopic (exact) mass is 294 g/mol. The van der Waals surface area contributed by atoms with Crippen molar-refractivity contribution in [2.75, 3.05) is 26.2 Å². The van der Waals surface area contributed by atoms with Crippen molar-refractivity contribution in [3.05, 3.63) is 10.6 Å². The zero-order valence-corrected chi connectivity index (χ0v) is 13.0. The zero-order chi connectivity index (χ0) is 14.1. The van der Waals surface area contributed by atoms with Crippen LogP contribution in [-0.2, 0) is 0 Å². The fourth-order valence-corrected chi connectivity index (χ4v) is 4.10. The molecular formula is C14H22N4OS. The third kappa shape index (κ3) is 2.59. The first kappa shape index (κ1) is 13.9. The highest BCUT2D eigenvalue weighted by Gasteiger charge is 2.36. The van der Waals surface area contributed by atoms with E-state index in [2.05, 4.69) is 21.4 Å². The third-order valence-corrected chi connectivity index (χ3v) is 5.29. The lowest BCUT2D eigenvalue weighted by Gasteiger charge is -2.35. The summed E-state index contributed by atoms with van der Waals surface area (Å²) in [4.78, 5) is 18.0. The average Bonchev–Trinajstić information content (AvgIpc) is 2.68. The van der Waals surface area contributed by atoms with Gasteiger partial charge in [-0.05, 0) is 50.2 Å². The highest BCUT2D eigenvalue weighted by atomic mass is 32.1. The Bertz CT molecular complexity index is 489.